The number of hydrogen-bond acceptors (Lipinski definition) is 6. The topological polar surface area (TPSA) is 80.4 Å². The number of aryl methyl sites for hydroxylation is 1. The van der Waals surface area contributed by atoms with Crippen molar-refractivity contribution in [3.05, 3.63) is 11.7 Å². The quantitative estimate of drug-likeness (QED) is 0.659. The van der Waals surface area contributed by atoms with Gasteiger partial charge in [0.25, 0.3) is 0 Å². The van der Waals surface area contributed by atoms with E-state index < -0.39 is 6.10 Å². The molecule has 0 aromatic carbocycles. The van der Waals surface area contributed by atoms with Crippen LogP contribution in [0.4, 0.5) is 0 Å². The van der Waals surface area contributed by atoms with Crippen LogP contribution >= 0.6 is 0 Å². The lowest BCUT2D eigenvalue weighted by Gasteiger charge is -2.09. The van der Waals surface area contributed by atoms with E-state index in [4.69, 9.17) is 9.26 Å². The van der Waals surface area contributed by atoms with Crippen LogP contribution in [-0.2, 0) is 11.3 Å². The number of ether oxygens (including phenoxy) is 1. The first-order valence-corrected chi connectivity index (χ1v) is 4.98. The van der Waals surface area contributed by atoms with Crippen molar-refractivity contribution in [1.82, 2.24) is 15.5 Å². The van der Waals surface area contributed by atoms with E-state index in [0.717, 1.165) is 0 Å². The largest absolute Gasteiger partial charge is 0.389 e. The van der Waals surface area contributed by atoms with Gasteiger partial charge in [-0.15, -0.1) is 0 Å². The van der Waals surface area contributed by atoms with Crippen molar-refractivity contribution in [2.75, 3.05) is 19.8 Å². The van der Waals surface area contributed by atoms with E-state index in [2.05, 4.69) is 15.5 Å². The van der Waals surface area contributed by atoms with E-state index in [0.29, 0.717) is 38.0 Å². The molecule has 1 rings (SSSR count). The molecule has 6 heteroatoms. The molecule has 0 aliphatic carbocycles. The summed E-state index contributed by atoms with van der Waals surface area (Å²) in [7, 11) is 0. The van der Waals surface area contributed by atoms with Crippen molar-refractivity contribution in [2.45, 2.75) is 26.5 Å². The smallest absolute Gasteiger partial charge is 0.240 e. The molecule has 0 saturated carbocycles. The Morgan fingerprint density at radius 3 is 3.00 bits per heavy atom. The fraction of sp³-hybridized carbons (Fsp3) is 0.778. The molecule has 6 nitrogen and oxygen atoms in total. The van der Waals surface area contributed by atoms with Crippen LogP contribution in [0.2, 0.25) is 0 Å². The Labute approximate surface area is 88.6 Å². The minimum absolute atomic E-state index is 0.340. The molecular weight excluding hydrogens is 198 g/mol. The average Bonchev–Trinajstić information content (AvgIpc) is 2.61. The number of rotatable bonds is 7. The molecule has 1 unspecified atom stereocenters. The molecule has 1 aromatic rings. The van der Waals surface area contributed by atoms with E-state index in [1.165, 1.54) is 0 Å². The standard InChI is InChI=1S/C9H17N3O3/c1-3-14-6-8(13)4-10-5-9-11-7(2)12-15-9/h8,10,13H,3-6H2,1-2H3. The first kappa shape index (κ1) is 12.1. The maximum atomic E-state index is 9.41. The molecule has 15 heavy (non-hydrogen) atoms. The third-order valence-corrected chi connectivity index (χ3v) is 1.74. The highest BCUT2D eigenvalue weighted by Crippen LogP contribution is 1.94. The van der Waals surface area contributed by atoms with Gasteiger partial charge in [-0.3, -0.25) is 0 Å². The predicted molar refractivity (Wildman–Crippen MR) is 53.2 cm³/mol. The molecule has 86 valence electrons. The highest BCUT2D eigenvalue weighted by Gasteiger charge is 2.05. The lowest BCUT2D eigenvalue weighted by Crippen LogP contribution is -2.30. The van der Waals surface area contributed by atoms with Gasteiger partial charge in [-0.05, 0) is 13.8 Å². The first-order chi connectivity index (χ1) is 7.22. The van der Waals surface area contributed by atoms with Crippen LogP contribution in [0, 0.1) is 6.92 Å². The molecule has 0 spiro atoms. The summed E-state index contributed by atoms with van der Waals surface area (Å²) in [5, 5.41) is 16.1. The molecule has 2 N–H and O–H groups in total. The van der Waals surface area contributed by atoms with Gasteiger partial charge >= 0.3 is 0 Å². The fourth-order valence-electron chi connectivity index (χ4n) is 1.07. The lowest BCUT2D eigenvalue weighted by atomic mass is 10.4. The maximum absolute atomic E-state index is 9.41. The molecule has 0 fully saturated rings. The molecule has 1 aromatic heterocycles. The summed E-state index contributed by atoms with van der Waals surface area (Å²) in [6.07, 6.45) is -0.506. The molecule has 0 radical (unpaired) electrons. The van der Waals surface area contributed by atoms with Crippen molar-refractivity contribution >= 4 is 0 Å². The fourth-order valence-corrected chi connectivity index (χ4v) is 1.07. The van der Waals surface area contributed by atoms with Crippen molar-refractivity contribution in [2.24, 2.45) is 0 Å². The van der Waals surface area contributed by atoms with E-state index in [9.17, 15) is 5.11 Å². The minimum Gasteiger partial charge on any atom is -0.389 e. The van der Waals surface area contributed by atoms with Crippen molar-refractivity contribution in [3.63, 3.8) is 0 Å². The van der Waals surface area contributed by atoms with E-state index in [-0.39, 0.29) is 0 Å². The summed E-state index contributed by atoms with van der Waals surface area (Å²) in [5.41, 5.74) is 0. The van der Waals surface area contributed by atoms with Gasteiger partial charge in [-0.25, -0.2) is 0 Å². The summed E-state index contributed by atoms with van der Waals surface area (Å²) >= 11 is 0. The number of aromatic nitrogens is 2. The summed E-state index contributed by atoms with van der Waals surface area (Å²) in [4.78, 5) is 4.02. The summed E-state index contributed by atoms with van der Waals surface area (Å²) < 4.78 is 9.95. The Hall–Kier alpha value is -0.980. The molecule has 0 amide bonds. The van der Waals surface area contributed by atoms with Gasteiger partial charge in [0.1, 0.15) is 0 Å². The monoisotopic (exact) mass is 215 g/mol. The van der Waals surface area contributed by atoms with Gasteiger partial charge < -0.3 is 19.7 Å². The third kappa shape index (κ3) is 4.87. The number of nitrogens with one attached hydrogen (secondary N) is 1. The zero-order chi connectivity index (χ0) is 11.1. The molecule has 1 atom stereocenters. The minimum atomic E-state index is -0.506. The highest BCUT2D eigenvalue weighted by molar-refractivity contribution is 4.81. The SMILES string of the molecule is CCOCC(O)CNCc1nc(C)no1. The zero-order valence-electron chi connectivity index (χ0n) is 9.06. The van der Waals surface area contributed by atoms with Gasteiger partial charge in [-0.2, -0.15) is 4.98 Å². The highest BCUT2D eigenvalue weighted by atomic mass is 16.5. The number of nitrogens with zero attached hydrogens (tertiary/aromatic N) is 2. The summed E-state index contributed by atoms with van der Waals surface area (Å²) in [6, 6.07) is 0. The second-order valence-corrected chi connectivity index (χ2v) is 3.18. The van der Waals surface area contributed by atoms with Crippen LogP contribution < -0.4 is 5.32 Å². The normalized spacial score (nSPS) is 13.0. The van der Waals surface area contributed by atoms with Crippen LogP contribution in [0.1, 0.15) is 18.6 Å². The molecule has 0 saturated heterocycles. The van der Waals surface area contributed by atoms with E-state index >= 15 is 0 Å². The van der Waals surface area contributed by atoms with Gasteiger partial charge in [0, 0.05) is 13.2 Å². The number of aliphatic hydroxyl groups excluding tert-OH is 1. The third-order valence-electron chi connectivity index (χ3n) is 1.74. The lowest BCUT2D eigenvalue weighted by molar-refractivity contribution is 0.0424. The van der Waals surface area contributed by atoms with E-state index in [1.807, 2.05) is 6.92 Å². The Morgan fingerprint density at radius 2 is 2.40 bits per heavy atom. The van der Waals surface area contributed by atoms with Crippen molar-refractivity contribution in [1.29, 1.82) is 0 Å². The first-order valence-electron chi connectivity index (χ1n) is 4.98. The number of aliphatic hydroxyl groups is 1. The summed E-state index contributed by atoms with van der Waals surface area (Å²) in [6.45, 7) is 5.51. The Morgan fingerprint density at radius 1 is 1.60 bits per heavy atom. The van der Waals surface area contributed by atoms with Crippen LogP contribution in [0.3, 0.4) is 0 Å². The zero-order valence-corrected chi connectivity index (χ0v) is 9.06. The van der Waals surface area contributed by atoms with Gasteiger partial charge in [0.15, 0.2) is 5.82 Å². The molecule has 0 bridgehead atoms. The van der Waals surface area contributed by atoms with Gasteiger partial charge in [0.2, 0.25) is 5.89 Å². The Kier molecular flexibility index (Phi) is 5.23. The molecule has 0 aliphatic heterocycles. The number of hydrogen-bond donors (Lipinski definition) is 2. The Balaban J connectivity index is 2.10. The van der Waals surface area contributed by atoms with Crippen LogP contribution in [0.15, 0.2) is 4.52 Å². The molecule has 1 heterocycles. The second-order valence-electron chi connectivity index (χ2n) is 3.18. The van der Waals surface area contributed by atoms with Crippen LogP contribution in [-0.4, -0.2) is 41.1 Å². The van der Waals surface area contributed by atoms with Gasteiger partial charge in [-0.1, -0.05) is 5.16 Å². The summed E-state index contributed by atoms with van der Waals surface area (Å²) in [5.74, 6) is 1.14. The van der Waals surface area contributed by atoms with Gasteiger partial charge in [0.05, 0.1) is 19.3 Å². The van der Waals surface area contributed by atoms with Crippen LogP contribution in [0.5, 0.6) is 0 Å². The maximum Gasteiger partial charge on any atom is 0.240 e. The Bertz CT molecular complexity index is 277. The predicted octanol–water partition coefficient (Wildman–Crippen LogP) is -0.135. The van der Waals surface area contributed by atoms with Crippen LogP contribution in [0.25, 0.3) is 0 Å². The van der Waals surface area contributed by atoms with E-state index in [1.54, 1.807) is 6.92 Å². The molecule has 0 aliphatic rings. The van der Waals surface area contributed by atoms with Crippen molar-refractivity contribution < 1.29 is 14.4 Å². The van der Waals surface area contributed by atoms with Crippen molar-refractivity contribution in [3.8, 4) is 0 Å². The average molecular weight is 215 g/mol. The second kappa shape index (κ2) is 6.49. The molecular formula is C9H17N3O3.